The smallest absolute Gasteiger partial charge is 0.147 e. The summed E-state index contributed by atoms with van der Waals surface area (Å²) in [4.78, 5) is 0. The molecule has 0 spiro atoms. The highest BCUT2D eigenvalue weighted by molar-refractivity contribution is 6.30. The van der Waals surface area contributed by atoms with Gasteiger partial charge in [0.2, 0.25) is 0 Å². The first-order chi connectivity index (χ1) is 8.52. The van der Waals surface area contributed by atoms with E-state index < -0.39 is 11.9 Å². The minimum atomic E-state index is -1.08. The zero-order valence-corrected chi connectivity index (χ0v) is 10.9. The molecule has 5 heteroatoms. The molecule has 1 aromatic carbocycles. The molecule has 2 aromatic rings. The lowest BCUT2D eigenvalue weighted by Gasteiger charge is -2.17. The van der Waals surface area contributed by atoms with Crippen molar-refractivity contribution in [2.45, 2.75) is 26.0 Å². The third-order valence-corrected chi connectivity index (χ3v) is 3.04. The van der Waals surface area contributed by atoms with E-state index in [2.05, 4.69) is 5.10 Å². The molecule has 1 aromatic heterocycles. The van der Waals surface area contributed by atoms with Crippen LogP contribution in [-0.2, 0) is 0 Å². The van der Waals surface area contributed by atoms with E-state index in [1.807, 2.05) is 13.8 Å². The van der Waals surface area contributed by atoms with E-state index in [0.717, 1.165) is 0 Å². The molecule has 0 bridgehead atoms. The first kappa shape index (κ1) is 13.1. The van der Waals surface area contributed by atoms with Gasteiger partial charge in [-0.2, -0.15) is 5.10 Å². The summed E-state index contributed by atoms with van der Waals surface area (Å²) < 4.78 is 15.5. The Morgan fingerprint density at radius 2 is 2.06 bits per heavy atom. The van der Waals surface area contributed by atoms with E-state index in [4.69, 9.17) is 11.6 Å². The summed E-state index contributed by atoms with van der Waals surface area (Å²) >= 11 is 5.71. The van der Waals surface area contributed by atoms with E-state index in [-0.39, 0.29) is 16.6 Å². The summed E-state index contributed by atoms with van der Waals surface area (Å²) in [7, 11) is 0. The number of rotatable bonds is 3. The molecule has 0 radical (unpaired) electrons. The van der Waals surface area contributed by atoms with Crippen LogP contribution < -0.4 is 0 Å². The predicted octanol–water partition coefficient (Wildman–Crippen LogP) is 3.34. The molecule has 1 unspecified atom stereocenters. The average Bonchev–Trinajstić information content (AvgIpc) is 2.81. The largest absolute Gasteiger partial charge is 0.382 e. The number of hydrogen-bond acceptors (Lipinski definition) is 2. The van der Waals surface area contributed by atoms with Crippen LogP contribution in [0.1, 0.15) is 37.3 Å². The number of aliphatic hydroxyl groups excluding tert-OH is 1. The third-order valence-electron chi connectivity index (χ3n) is 2.75. The van der Waals surface area contributed by atoms with Gasteiger partial charge in [-0.15, -0.1) is 0 Å². The third kappa shape index (κ3) is 2.26. The van der Waals surface area contributed by atoms with Gasteiger partial charge in [0.1, 0.15) is 11.9 Å². The number of aliphatic hydroxyl groups is 1. The second kappa shape index (κ2) is 5.08. The first-order valence-corrected chi connectivity index (χ1v) is 6.05. The Bertz CT molecular complexity index is 554. The Morgan fingerprint density at radius 3 is 2.72 bits per heavy atom. The highest BCUT2D eigenvalue weighted by atomic mass is 35.5. The van der Waals surface area contributed by atoms with Crippen molar-refractivity contribution in [1.29, 1.82) is 0 Å². The van der Waals surface area contributed by atoms with E-state index in [9.17, 15) is 9.50 Å². The number of hydrogen-bond donors (Lipinski definition) is 1. The van der Waals surface area contributed by atoms with Gasteiger partial charge in [0.05, 0.1) is 10.7 Å². The molecule has 0 aliphatic rings. The quantitative estimate of drug-likeness (QED) is 0.927. The van der Waals surface area contributed by atoms with Crippen LogP contribution in [0.3, 0.4) is 0 Å². The van der Waals surface area contributed by atoms with Gasteiger partial charge in [-0.1, -0.05) is 23.7 Å². The minimum Gasteiger partial charge on any atom is -0.382 e. The highest BCUT2D eigenvalue weighted by Crippen LogP contribution is 2.28. The highest BCUT2D eigenvalue weighted by Gasteiger charge is 2.21. The fraction of sp³-hybridized carbons (Fsp3) is 0.308. The maximum Gasteiger partial charge on any atom is 0.147 e. The van der Waals surface area contributed by atoms with Crippen molar-refractivity contribution in [3.63, 3.8) is 0 Å². The topological polar surface area (TPSA) is 38.0 Å². The first-order valence-electron chi connectivity index (χ1n) is 5.67. The van der Waals surface area contributed by atoms with Crippen LogP contribution >= 0.6 is 11.6 Å². The van der Waals surface area contributed by atoms with Crippen LogP contribution in [0.25, 0.3) is 0 Å². The second-order valence-corrected chi connectivity index (χ2v) is 4.75. The molecule has 2 rings (SSSR count). The normalized spacial score (nSPS) is 13.0. The summed E-state index contributed by atoms with van der Waals surface area (Å²) in [6, 6.07) is 6.34. The number of benzene rings is 1. The lowest BCUT2D eigenvalue weighted by atomic mass is 10.1. The van der Waals surface area contributed by atoms with E-state index >= 15 is 0 Å². The van der Waals surface area contributed by atoms with Crippen LogP contribution in [0.5, 0.6) is 0 Å². The fourth-order valence-corrected chi connectivity index (χ4v) is 2.05. The Balaban J connectivity index is 2.45. The van der Waals surface area contributed by atoms with Crippen LogP contribution in [0.2, 0.25) is 5.02 Å². The molecule has 0 saturated carbocycles. The zero-order chi connectivity index (χ0) is 13.3. The van der Waals surface area contributed by atoms with Gasteiger partial charge >= 0.3 is 0 Å². The Kier molecular flexibility index (Phi) is 3.68. The van der Waals surface area contributed by atoms with E-state index in [1.54, 1.807) is 23.0 Å². The van der Waals surface area contributed by atoms with E-state index in [1.165, 1.54) is 12.1 Å². The molecular weight excluding hydrogens is 255 g/mol. The SMILES string of the molecule is CC(C)n1nccc1C(O)c1cccc(Cl)c1F. The van der Waals surface area contributed by atoms with Crippen LogP contribution in [0, 0.1) is 5.82 Å². The van der Waals surface area contributed by atoms with Crippen LogP contribution in [-0.4, -0.2) is 14.9 Å². The van der Waals surface area contributed by atoms with Gasteiger partial charge in [-0.25, -0.2) is 4.39 Å². The summed E-state index contributed by atoms with van der Waals surface area (Å²) in [5.41, 5.74) is 0.705. The molecule has 1 heterocycles. The number of halogens is 2. The van der Waals surface area contributed by atoms with Crippen LogP contribution in [0.4, 0.5) is 4.39 Å². The van der Waals surface area contributed by atoms with Crippen LogP contribution in [0.15, 0.2) is 30.5 Å². The van der Waals surface area contributed by atoms with Gasteiger partial charge < -0.3 is 5.11 Å². The molecule has 18 heavy (non-hydrogen) atoms. The Morgan fingerprint density at radius 1 is 1.33 bits per heavy atom. The Labute approximate surface area is 110 Å². The Hall–Kier alpha value is -1.39. The van der Waals surface area contributed by atoms with Gasteiger partial charge in [0.15, 0.2) is 0 Å². The molecule has 0 saturated heterocycles. The predicted molar refractivity (Wildman–Crippen MR) is 68.1 cm³/mol. The number of aromatic nitrogens is 2. The van der Waals surface area contributed by atoms with Crippen molar-refractivity contribution in [2.75, 3.05) is 0 Å². The number of nitrogens with zero attached hydrogens (tertiary/aromatic N) is 2. The maximum atomic E-state index is 13.9. The molecule has 96 valence electrons. The fourth-order valence-electron chi connectivity index (χ4n) is 1.86. The molecule has 0 aliphatic carbocycles. The van der Waals surface area contributed by atoms with E-state index in [0.29, 0.717) is 5.69 Å². The van der Waals surface area contributed by atoms with Crippen molar-refractivity contribution in [3.05, 3.63) is 52.6 Å². The molecule has 3 nitrogen and oxygen atoms in total. The molecule has 1 N–H and O–H groups in total. The molecule has 0 aliphatic heterocycles. The monoisotopic (exact) mass is 268 g/mol. The molecule has 1 atom stereocenters. The lowest BCUT2D eigenvalue weighted by molar-refractivity contribution is 0.200. The standard InChI is InChI=1S/C13H14ClFN2O/c1-8(2)17-11(6-7-16-17)13(18)9-4-3-5-10(14)12(9)15/h3-8,13,18H,1-2H3. The van der Waals surface area contributed by atoms with Crippen molar-refractivity contribution in [3.8, 4) is 0 Å². The molecule has 0 amide bonds. The van der Waals surface area contributed by atoms with Crippen molar-refractivity contribution < 1.29 is 9.50 Å². The van der Waals surface area contributed by atoms with Gasteiger partial charge in [-0.3, -0.25) is 4.68 Å². The lowest BCUT2D eigenvalue weighted by Crippen LogP contribution is -2.13. The zero-order valence-electron chi connectivity index (χ0n) is 10.1. The summed E-state index contributed by atoms with van der Waals surface area (Å²) in [5.74, 6) is -0.594. The van der Waals surface area contributed by atoms with Gasteiger partial charge in [-0.05, 0) is 26.0 Å². The summed E-state index contributed by atoms with van der Waals surface area (Å²) in [5, 5.41) is 14.4. The van der Waals surface area contributed by atoms with Crippen molar-refractivity contribution in [2.24, 2.45) is 0 Å². The molecular formula is C13H14ClFN2O. The summed E-state index contributed by atoms with van der Waals surface area (Å²) in [6.07, 6.45) is 0.509. The summed E-state index contributed by atoms with van der Waals surface area (Å²) in [6.45, 7) is 3.88. The van der Waals surface area contributed by atoms with Crippen molar-refractivity contribution in [1.82, 2.24) is 9.78 Å². The minimum absolute atomic E-state index is 0.00200. The average molecular weight is 269 g/mol. The van der Waals surface area contributed by atoms with Gasteiger partial charge in [0, 0.05) is 17.8 Å². The van der Waals surface area contributed by atoms with Crippen molar-refractivity contribution >= 4 is 11.6 Å². The van der Waals surface area contributed by atoms with Gasteiger partial charge in [0.25, 0.3) is 0 Å². The second-order valence-electron chi connectivity index (χ2n) is 4.34. The molecule has 0 fully saturated rings. The maximum absolute atomic E-state index is 13.9.